The molecule has 110 valence electrons. The van der Waals surface area contributed by atoms with E-state index in [4.69, 9.17) is 5.73 Å². The van der Waals surface area contributed by atoms with Gasteiger partial charge in [0.1, 0.15) is 4.90 Å². The lowest BCUT2D eigenvalue weighted by Crippen LogP contribution is -2.31. The summed E-state index contributed by atoms with van der Waals surface area (Å²) in [6.45, 7) is 0.545. The van der Waals surface area contributed by atoms with Gasteiger partial charge in [-0.25, -0.2) is 13.1 Å². The van der Waals surface area contributed by atoms with Crippen molar-refractivity contribution in [3.63, 3.8) is 0 Å². The van der Waals surface area contributed by atoms with Crippen LogP contribution in [0.5, 0.6) is 0 Å². The standard InChI is InChI=1S/C14H19BrN2O2S/c15-11-5-6-13(16)14(7-11)20(18,19)17-8-12(9-1-2-9)10-3-4-10/h5-7,9-10,12,17H,1-4,8,16H2. The van der Waals surface area contributed by atoms with Gasteiger partial charge in [-0.05, 0) is 61.6 Å². The van der Waals surface area contributed by atoms with E-state index in [2.05, 4.69) is 20.7 Å². The Bertz CT molecular complexity index is 598. The molecular weight excluding hydrogens is 340 g/mol. The molecule has 4 nitrogen and oxygen atoms in total. The smallest absolute Gasteiger partial charge is 0.242 e. The van der Waals surface area contributed by atoms with Crippen LogP contribution in [0.2, 0.25) is 0 Å². The molecule has 1 aromatic carbocycles. The topological polar surface area (TPSA) is 72.2 Å². The molecule has 2 saturated carbocycles. The number of sulfonamides is 1. The predicted octanol–water partition coefficient (Wildman–Crippen LogP) is 2.75. The van der Waals surface area contributed by atoms with E-state index in [0.717, 1.165) is 11.8 Å². The van der Waals surface area contributed by atoms with Crippen LogP contribution < -0.4 is 10.5 Å². The van der Waals surface area contributed by atoms with Crippen molar-refractivity contribution in [1.29, 1.82) is 0 Å². The lowest BCUT2D eigenvalue weighted by atomic mass is 9.99. The number of hydrogen-bond donors (Lipinski definition) is 2. The van der Waals surface area contributed by atoms with Gasteiger partial charge in [0.2, 0.25) is 10.0 Å². The second kappa shape index (κ2) is 5.31. The first-order chi connectivity index (χ1) is 9.47. The maximum absolute atomic E-state index is 12.4. The van der Waals surface area contributed by atoms with Crippen LogP contribution in [-0.4, -0.2) is 15.0 Å². The average molecular weight is 359 g/mol. The van der Waals surface area contributed by atoms with Crippen LogP contribution in [0.4, 0.5) is 5.69 Å². The molecule has 0 aromatic heterocycles. The summed E-state index contributed by atoms with van der Waals surface area (Å²) < 4.78 is 28.2. The van der Waals surface area contributed by atoms with Gasteiger partial charge in [0.05, 0.1) is 5.69 Å². The average Bonchev–Trinajstić information content (AvgIpc) is 3.25. The van der Waals surface area contributed by atoms with Crippen LogP contribution >= 0.6 is 15.9 Å². The van der Waals surface area contributed by atoms with Crippen LogP contribution in [0.15, 0.2) is 27.6 Å². The lowest BCUT2D eigenvalue weighted by molar-refractivity contribution is 0.401. The Labute approximate surface area is 128 Å². The highest BCUT2D eigenvalue weighted by Crippen LogP contribution is 2.48. The molecule has 2 aliphatic carbocycles. The minimum atomic E-state index is -3.52. The van der Waals surface area contributed by atoms with Gasteiger partial charge in [0.25, 0.3) is 0 Å². The SMILES string of the molecule is Nc1ccc(Br)cc1S(=O)(=O)NCC(C1CC1)C1CC1. The lowest BCUT2D eigenvalue weighted by Gasteiger charge is -2.17. The summed E-state index contributed by atoms with van der Waals surface area (Å²) in [6, 6.07) is 4.91. The van der Waals surface area contributed by atoms with Crippen LogP contribution in [0, 0.1) is 17.8 Å². The quantitative estimate of drug-likeness (QED) is 0.767. The Hall–Kier alpha value is -0.590. The summed E-state index contributed by atoms with van der Waals surface area (Å²) in [4.78, 5) is 0.164. The summed E-state index contributed by atoms with van der Waals surface area (Å²) >= 11 is 3.29. The van der Waals surface area contributed by atoms with E-state index in [1.54, 1.807) is 18.2 Å². The summed E-state index contributed by atoms with van der Waals surface area (Å²) in [5.74, 6) is 1.97. The fourth-order valence-electron chi connectivity index (χ4n) is 2.79. The highest BCUT2D eigenvalue weighted by molar-refractivity contribution is 9.10. The van der Waals surface area contributed by atoms with Crippen molar-refractivity contribution in [2.24, 2.45) is 17.8 Å². The van der Waals surface area contributed by atoms with Crippen molar-refractivity contribution in [2.45, 2.75) is 30.6 Å². The molecule has 0 spiro atoms. The van der Waals surface area contributed by atoms with Crippen molar-refractivity contribution in [2.75, 3.05) is 12.3 Å². The first-order valence-corrected chi connectivity index (χ1v) is 9.29. The van der Waals surface area contributed by atoms with Crippen LogP contribution in [0.1, 0.15) is 25.7 Å². The number of hydrogen-bond acceptors (Lipinski definition) is 3. The number of benzene rings is 1. The van der Waals surface area contributed by atoms with Gasteiger partial charge in [0, 0.05) is 11.0 Å². The number of nitrogens with two attached hydrogens (primary N) is 1. The Morgan fingerprint density at radius 2 is 1.85 bits per heavy atom. The molecule has 3 N–H and O–H groups in total. The van der Waals surface area contributed by atoms with Crippen molar-refractivity contribution in [3.8, 4) is 0 Å². The van der Waals surface area contributed by atoms with Crippen LogP contribution in [0.3, 0.4) is 0 Å². The molecule has 1 aromatic rings. The van der Waals surface area contributed by atoms with E-state index in [-0.39, 0.29) is 10.6 Å². The van der Waals surface area contributed by atoms with Gasteiger partial charge < -0.3 is 5.73 Å². The maximum Gasteiger partial charge on any atom is 0.242 e. The largest absolute Gasteiger partial charge is 0.398 e. The Morgan fingerprint density at radius 3 is 2.40 bits per heavy atom. The molecule has 3 rings (SSSR count). The van der Waals surface area contributed by atoms with E-state index in [1.807, 2.05) is 0 Å². The van der Waals surface area contributed by atoms with Gasteiger partial charge >= 0.3 is 0 Å². The molecule has 6 heteroatoms. The highest BCUT2D eigenvalue weighted by Gasteiger charge is 2.41. The first-order valence-electron chi connectivity index (χ1n) is 7.02. The van der Waals surface area contributed by atoms with E-state index in [1.165, 1.54) is 25.7 Å². The Balaban J connectivity index is 1.73. The number of nitrogens with one attached hydrogen (secondary N) is 1. The fraction of sp³-hybridized carbons (Fsp3) is 0.571. The van der Waals surface area contributed by atoms with E-state index < -0.39 is 10.0 Å². The zero-order valence-corrected chi connectivity index (χ0v) is 13.6. The maximum atomic E-state index is 12.4. The third-order valence-corrected chi connectivity index (χ3v) is 6.20. The highest BCUT2D eigenvalue weighted by atomic mass is 79.9. The fourth-order valence-corrected chi connectivity index (χ4v) is 4.53. The predicted molar refractivity (Wildman–Crippen MR) is 82.7 cm³/mol. The second-order valence-electron chi connectivity index (χ2n) is 5.87. The molecular formula is C14H19BrN2O2S. The van der Waals surface area contributed by atoms with Gasteiger partial charge in [0.15, 0.2) is 0 Å². The van der Waals surface area contributed by atoms with Crippen LogP contribution in [0.25, 0.3) is 0 Å². The Morgan fingerprint density at radius 1 is 1.25 bits per heavy atom. The molecule has 0 radical (unpaired) electrons. The number of rotatable bonds is 6. The number of anilines is 1. The minimum Gasteiger partial charge on any atom is -0.398 e. The van der Waals surface area contributed by atoms with Gasteiger partial charge in [-0.3, -0.25) is 0 Å². The molecule has 20 heavy (non-hydrogen) atoms. The summed E-state index contributed by atoms with van der Waals surface area (Å²) in [5.41, 5.74) is 6.07. The van der Waals surface area contributed by atoms with Crippen molar-refractivity contribution in [1.82, 2.24) is 4.72 Å². The van der Waals surface area contributed by atoms with E-state index >= 15 is 0 Å². The molecule has 0 bridgehead atoms. The molecule has 0 saturated heterocycles. The molecule has 0 heterocycles. The van der Waals surface area contributed by atoms with Gasteiger partial charge in [-0.1, -0.05) is 15.9 Å². The number of nitrogen functional groups attached to an aromatic ring is 1. The van der Waals surface area contributed by atoms with E-state index in [0.29, 0.717) is 16.9 Å². The minimum absolute atomic E-state index is 0.164. The van der Waals surface area contributed by atoms with Crippen LogP contribution in [-0.2, 0) is 10.0 Å². The summed E-state index contributed by atoms with van der Waals surface area (Å²) in [5, 5.41) is 0. The normalized spacial score (nSPS) is 19.5. The second-order valence-corrected chi connectivity index (χ2v) is 8.52. The molecule has 0 atom stereocenters. The third kappa shape index (κ3) is 3.18. The first kappa shape index (κ1) is 14.4. The van der Waals surface area contributed by atoms with Gasteiger partial charge in [-0.15, -0.1) is 0 Å². The monoisotopic (exact) mass is 358 g/mol. The van der Waals surface area contributed by atoms with Crippen molar-refractivity contribution < 1.29 is 8.42 Å². The van der Waals surface area contributed by atoms with Gasteiger partial charge in [-0.2, -0.15) is 0 Å². The van der Waals surface area contributed by atoms with Crippen molar-refractivity contribution in [3.05, 3.63) is 22.7 Å². The molecule has 2 fully saturated rings. The Kier molecular flexibility index (Phi) is 3.81. The zero-order valence-electron chi connectivity index (χ0n) is 11.2. The summed E-state index contributed by atoms with van der Waals surface area (Å²) in [6.07, 6.45) is 5.01. The zero-order chi connectivity index (χ0) is 14.3. The third-order valence-electron chi connectivity index (χ3n) is 4.23. The molecule has 0 unspecified atom stereocenters. The summed E-state index contributed by atoms with van der Waals surface area (Å²) in [7, 11) is -3.52. The van der Waals surface area contributed by atoms with Crippen molar-refractivity contribution >= 4 is 31.6 Å². The molecule has 0 aliphatic heterocycles. The molecule has 2 aliphatic rings. The number of halogens is 1. The molecule has 0 amide bonds. The van der Waals surface area contributed by atoms with E-state index in [9.17, 15) is 8.42 Å².